The van der Waals surface area contributed by atoms with E-state index in [9.17, 15) is 5.11 Å². The zero-order chi connectivity index (χ0) is 18.9. The topological polar surface area (TPSA) is 30.0 Å². The van der Waals surface area contributed by atoms with Gasteiger partial charge >= 0.3 is 0 Å². The predicted molar refractivity (Wildman–Crippen MR) is 122 cm³/mol. The van der Waals surface area contributed by atoms with Gasteiger partial charge in [0.1, 0.15) is 0 Å². The third-order valence-corrected chi connectivity index (χ3v) is 10.4. The Morgan fingerprint density at radius 3 is 2.78 bits per heavy atom. The Hall–Kier alpha value is -1.63. The van der Waals surface area contributed by atoms with Crippen molar-refractivity contribution in [2.75, 3.05) is 49.5 Å². The highest BCUT2D eigenvalue weighted by Gasteiger charge is 2.32. The Morgan fingerprint density at radius 2 is 2.00 bits per heavy atom. The first kappa shape index (κ1) is 18.7. The van der Waals surface area contributed by atoms with Crippen LogP contribution in [-0.4, -0.2) is 65.0 Å². The number of aliphatic hydroxyl groups is 1. The van der Waals surface area contributed by atoms with Crippen LogP contribution in [0.2, 0.25) is 0 Å². The fraction of sp³-hybridized carbons (Fsp3) is 0.381. The lowest BCUT2D eigenvalue weighted by Crippen LogP contribution is -2.22. The van der Waals surface area contributed by atoms with Crippen LogP contribution >= 0.6 is 20.5 Å². The molecule has 4 nitrogen and oxygen atoms in total. The number of rotatable bonds is 6. The minimum atomic E-state index is -0.762. The van der Waals surface area contributed by atoms with Crippen molar-refractivity contribution in [2.45, 2.75) is 6.42 Å². The summed E-state index contributed by atoms with van der Waals surface area (Å²) < 4.78 is 0. The van der Waals surface area contributed by atoms with Gasteiger partial charge in [0.2, 0.25) is 0 Å². The molecule has 2 atom stereocenters. The second-order valence-corrected chi connectivity index (χ2v) is 12.8. The molecule has 0 bridgehead atoms. The Morgan fingerprint density at radius 1 is 1.19 bits per heavy atom. The van der Waals surface area contributed by atoms with Gasteiger partial charge in [-0.15, -0.1) is 10.5 Å². The van der Waals surface area contributed by atoms with Crippen LogP contribution < -0.4 is 4.90 Å². The number of hydrogen-bond donors (Lipinski definition) is 1. The average Bonchev–Trinajstić information content (AvgIpc) is 3.22. The maximum Gasteiger partial charge on any atom is 0.0547 e. The van der Waals surface area contributed by atoms with Gasteiger partial charge in [-0.3, -0.25) is 0 Å². The zero-order valence-corrected chi connectivity index (χ0v) is 17.8. The normalized spacial score (nSPS) is 29.1. The molecule has 3 aliphatic rings. The van der Waals surface area contributed by atoms with Crippen molar-refractivity contribution in [1.29, 1.82) is 0 Å². The van der Waals surface area contributed by atoms with E-state index in [1.54, 1.807) is 4.91 Å². The lowest BCUT2D eigenvalue weighted by molar-refractivity contribution is 0.322. The first-order valence-corrected chi connectivity index (χ1v) is 13.1. The molecule has 0 aromatic heterocycles. The third kappa shape index (κ3) is 3.98. The fourth-order valence-corrected chi connectivity index (χ4v) is 8.14. The van der Waals surface area contributed by atoms with E-state index in [0.717, 1.165) is 31.1 Å². The lowest BCUT2D eigenvalue weighted by atomic mass is 10.3. The molecule has 6 heteroatoms. The van der Waals surface area contributed by atoms with E-state index in [2.05, 4.69) is 81.8 Å². The summed E-state index contributed by atoms with van der Waals surface area (Å²) in [7, 11) is 1.42. The first-order valence-electron chi connectivity index (χ1n) is 9.36. The molecule has 1 aromatic carbocycles. The summed E-state index contributed by atoms with van der Waals surface area (Å²) >= 11 is 0. The van der Waals surface area contributed by atoms with Crippen LogP contribution in [0.3, 0.4) is 0 Å². The molecule has 3 aliphatic heterocycles. The van der Waals surface area contributed by atoms with Gasteiger partial charge in [0.15, 0.2) is 0 Å². The van der Waals surface area contributed by atoms with E-state index >= 15 is 0 Å². The van der Waals surface area contributed by atoms with E-state index in [0.29, 0.717) is 0 Å². The van der Waals surface area contributed by atoms with Gasteiger partial charge in [-0.25, -0.2) is 0 Å². The largest absolute Gasteiger partial charge is 0.396 e. The van der Waals surface area contributed by atoms with E-state index < -0.39 is 10.0 Å². The maximum absolute atomic E-state index is 9.49. The number of likely N-dealkylation sites (N-methyl/N-ethyl adjacent to an activating group) is 1. The highest BCUT2D eigenvalue weighted by molar-refractivity contribution is 8.38. The molecule has 27 heavy (non-hydrogen) atoms. The van der Waals surface area contributed by atoms with E-state index in [1.807, 2.05) is 6.07 Å². The number of para-hydroxylation sites is 1. The SMILES string of the molecule is CN1C=CS2(C)CN(CCC3=CN(c4ccccc4)C=S3CCO)C=C2C1. The van der Waals surface area contributed by atoms with Gasteiger partial charge in [0.05, 0.1) is 12.5 Å². The van der Waals surface area contributed by atoms with Crippen molar-refractivity contribution in [1.82, 2.24) is 9.80 Å². The summed E-state index contributed by atoms with van der Waals surface area (Å²) in [5, 5.41) is 11.9. The van der Waals surface area contributed by atoms with Gasteiger partial charge in [0.25, 0.3) is 0 Å². The average molecular weight is 404 g/mol. The van der Waals surface area contributed by atoms with Crippen molar-refractivity contribution in [2.24, 2.45) is 0 Å². The lowest BCUT2D eigenvalue weighted by Gasteiger charge is -2.37. The summed E-state index contributed by atoms with van der Waals surface area (Å²) in [6, 6.07) is 10.5. The van der Waals surface area contributed by atoms with Gasteiger partial charge < -0.3 is 19.8 Å². The second kappa shape index (κ2) is 7.78. The van der Waals surface area contributed by atoms with Crippen molar-refractivity contribution in [3.05, 3.63) is 64.2 Å². The molecule has 0 saturated carbocycles. The minimum absolute atomic E-state index is 0.0287. The summed E-state index contributed by atoms with van der Waals surface area (Å²) in [6.45, 7) is 2.36. The standard InChI is InChI=1S/C21H29N3OS2/c1-22-10-13-27(2)18-23(16-21(27)15-22)9-8-20-14-24(17-26(20)12-11-25)19-6-4-3-5-7-19/h3-7,10,13-14,16-17,25H,8-9,11-12,15,18H2,1-2H3. The molecule has 0 spiro atoms. The molecular weight excluding hydrogens is 374 g/mol. The maximum atomic E-state index is 9.49. The van der Waals surface area contributed by atoms with Crippen LogP contribution in [-0.2, 0) is 0 Å². The van der Waals surface area contributed by atoms with Crippen molar-refractivity contribution < 1.29 is 5.11 Å². The second-order valence-electron chi connectivity index (χ2n) is 7.44. The summed E-state index contributed by atoms with van der Waals surface area (Å²) in [6.07, 6.45) is 10.4. The van der Waals surface area contributed by atoms with E-state index in [4.69, 9.17) is 0 Å². The van der Waals surface area contributed by atoms with Crippen LogP contribution in [0.5, 0.6) is 0 Å². The van der Waals surface area contributed by atoms with Crippen LogP contribution in [0.4, 0.5) is 5.69 Å². The molecule has 2 unspecified atom stereocenters. The Balaban J connectivity index is 1.45. The molecule has 1 N–H and O–H groups in total. The van der Waals surface area contributed by atoms with Gasteiger partial charge in [-0.2, -0.15) is 10.0 Å². The van der Waals surface area contributed by atoms with Crippen LogP contribution in [0, 0.1) is 0 Å². The first-order chi connectivity index (χ1) is 13.1. The quantitative estimate of drug-likeness (QED) is 0.733. The number of nitrogens with zero attached hydrogens (tertiary/aromatic N) is 3. The number of aliphatic hydroxyl groups excluding tert-OH is 1. The van der Waals surface area contributed by atoms with Gasteiger partial charge in [-0.1, -0.05) is 18.2 Å². The summed E-state index contributed by atoms with van der Waals surface area (Å²) in [4.78, 5) is 10.1. The van der Waals surface area contributed by atoms with Crippen molar-refractivity contribution >= 4 is 31.7 Å². The monoisotopic (exact) mass is 403 g/mol. The Labute approximate surface area is 166 Å². The molecule has 0 saturated heterocycles. The molecule has 4 rings (SSSR count). The minimum Gasteiger partial charge on any atom is -0.396 e. The highest BCUT2D eigenvalue weighted by atomic mass is 32.3. The molecular formula is C21H29N3OS2. The number of fused-ring (bicyclic) bond motifs is 1. The number of hydrogen-bond acceptors (Lipinski definition) is 4. The third-order valence-electron chi connectivity index (χ3n) is 5.25. The van der Waals surface area contributed by atoms with Crippen LogP contribution in [0.25, 0.3) is 0 Å². The highest BCUT2D eigenvalue weighted by Crippen LogP contribution is 2.59. The fourth-order valence-electron chi connectivity index (χ4n) is 3.70. The summed E-state index contributed by atoms with van der Waals surface area (Å²) in [5.41, 5.74) is 3.48. The van der Waals surface area contributed by atoms with Gasteiger partial charge in [-0.05, 0) is 35.1 Å². The molecule has 1 aromatic rings. The number of benzene rings is 1. The van der Waals surface area contributed by atoms with E-state index in [-0.39, 0.29) is 17.1 Å². The van der Waals surface area contributed by atoms with Crippen molar-refractivity contribution in [3.63, 3.8) is 0 Å². The molecule has 0 amide bonds. The number of anilines is 1. The smallest absolute Gasteiger partial charge is 0.0547 e. The van der Waals surface area contributed by atoms with Crippen LogP contribution in [0.1, 0.15) is 6.42 Å². The van der Waals surface area contributed by atoms with Crippen molar-refractivity contribution in [3.8, 4) is 0 Å². The molecule has 3 heterocycles. The van der Waals surface area contributed by atoms with E-state index in [1.165, 1.54) is 10.6 Å². The molecule has 0 radical (unpaired) electrons. The van der Waals surface area contributed by atoms with Crippen LogP contribution in [0.15, 0.2) is 64.2 Å². The zero-order valence-electron chi connectivity index (χ0n) is 16.1. The molecule has 0 aliphatic carbocycles. The Bertz CT molecular complexity index is 818. The molecule has 0 fully saturated rings. The Kier molecular flexibility index (Phi) is 5.39. The predicted octanol–water partition coefficient (Wildman–Crippen LogP) is 3.72. The molecule has 146 valence electrons. The van der Waals surface area contributed by atoms with Gasteiger partial charge in [0, 0.05) is 60.6 Å². The summed E-state index contributed by atoms with van der Waals surface area (Å²) in [5.74, 6) is 1.98.